The van der Waals surface area contributed by atoms with Crippen molar-refractivity contribution < 1.29 is 51.9 Å². The number of benzene rings is 1. The van der Waals surface area contributed by atoms with E-state index in [1.54, 1.807) is 18.2 Å². The third kappa shape index (κ3) is 6.26. The highest BCUT2D eigenvalue weighted by atomic mass is 19.3. The predicted octanol–water partition coefficient (Wildman–Crippen LogP) is -0.712. The normalized spacial score (nSPS) is 26.9. The van der Waals surface area contributed by atoms with Gasteiger partial charge < -0.3 is 41.0 Å². The van der Waals surface area contributed by atoms with E-state index < -0.39 is 79.3 Å². The minimum absolute atomic E-state index is 0.0646. The molecule has 238 valence electrons. The molecule has 0 amide bonds. The summed E-state index contributed by atoms with van der Waals surface area (Å²) in [7, 11) is 0. The number of halogens is 4. The SMILES string of the molecule is Nc1ccn([C@@H]2O[C@H](CO)[C@@H](O)C2(F)F)c(=O)n1.Nc1ccn([C@@H]2O[C@H](CO)[C@@H](OC(=O)c3ccccc3)C2(F)F)c(=O)n1. The number of esters is 1. The maximum Gasteiger partial charge on any atom is 0.351 e. The Balaban J connectivity index is 0.000000215. The summed E-state index contributed by atoms with van der Waals surface area (Å²) in [4.78, 5) is 42.1. The number of aromatic nitrogens is 4. The van der Waals surface area contributed by atoms with Crippen molar-refractivity contribution in [2.45, 2.75) is 48.7 Å². The maximum absolute atomic E-state index is 14.8. The number of rotatable bonds is 6. The van der Waals surface area contributed by atoms with Crippen LogP contribution in [-0.2, 0) is 14.2 Å². The van der Waals surface area contributed by atoms with Crippen molar-refractivity contribution in [2.24, 2.45) is 0 Å². The average molecular weight is 631 g/mol. The molecule has 3 aromatic rings. The lowest BCUT2D eigenvalue weighted by Crippen LogP contribution is -2.44. The summed E-state index contributed by atoms with van der Waals surface area (Å²) in [5, 5.41) is 27.5. The number of anilines is 2. The van der Waals surface area contributed by atoms with Crippen LogP contribution in [0, 0.1) is 0 Å². The van der Waals surface area contributed by atoms with Crippen molar-refractivity contribution in [3.05, 3.63) is 81.4 Å². The van der Waals surface area contributed by atoms with Gasteiger partial charge in [-0.3, -0.25) is 9.13 Å². The van der Waals surface area contributed by atoms with Gasteiger partial charge in [-0.2, -0.15) is 27.5 Å². The zero-order chi connectivity index (χ0) is 32.4. The fourth-order valence-electron chi connectivity index (χ4n) is 4.35. The summed E-state index contributed by atoms with van der Waals surface area (Å²) in [6.45, 7) is -1.62. The van der Waals surface area contributed by atoms with Crippen LogP contribution >= 0.6 is 0 Å². The van der Waals surface area contributed by atoms with E-state index in [0.717, 1.165) is 24.5 Å². The molecule has 15 nitrogen and oxygen atoms in total. The van der Waals surface area contributed by atoms with Crippen molar-refractivity contribution in [1.82, 2.24) is 19.1 Å². The van der Waals surface area contributed by atoms with Crippen LogP contribution in [0.4, 0.5) is 29.2 Å². The van der Waals surface area contributed by atoms with Crippen LogP contribution in [0.2, 0.25) is 0 Å². The Labute approximate surface area is 243 Å². The molecule has 19 heteroatoms. The molecule has 44 heavy (non-hydrogen) atoms. The molecule has 0 saturated carbocycles. The van der Waals surface area contributed by atoms with Crippen LogP contribution in [0.25, 0.3) is 0 Å². The molecule has 1 aromatic carbocycles. The van der Waals surface area contributed by atoms with E-state index in [0.29, 0.717) is 9.13 Å². The van der Waals surface area contributed by atoms with Gasteiger partial charge in [-0.05, 0) is 24.3 Å². The van der Waals surface area contributed by atoms with Crippen LogP contribution in [0.5, 0.6) is 0 Å². The maximum atomic E-state index is 14.8. The van der Waals surface area contributed by atoms with Crippen LogP contribution < -0.4 is 22.8 Å². The van der Waals surface area contributed by atoms with E-state index in [1.165, 1.54) is 12.1 Å². The topological polar surface area (TPSA) is 227 Å². The van der Waals surface area contributed by atoms with Gasteiger partial charge >= 0.3 is 29.2 Å². The van der Waals surface area contributed by atoms with E-state index in [9.17, 15) is 42.2 Å². The second-order valence-electron chi connectivity index (χ2n) is 9.49. The lowest BCUT2D eigenvalue weighted by atomic mass is 10.1. The van der Waals surface area contributed by atoms with Gasteiger partial charge in [0.25, 0.3) is 0 Å². The van der Waals surface area contributed by atoms with Gasteiger partial charge in [-0.1, -0.05) is 18.2 Å². The Kier molecular flexibility index (Phi) is 9.35. The fraction of sp³-hybridized carbons (Fsp3) is 0.400. The van der Waals surface area contributed by atoms with E-state index in [2.05, 4.69) is 9.97 Å². The molecule has 2 aliphatic rings. The van der Waals surface area contributed by atoms with Crippen molar-refractivity contribution in [3.8, 4) is 0 Å². The highest BCUT2D eigenvalue weighted by molar-refractivity contribution is 5.89. The number of hydrogen-bond donors (Lipinski definition) is 5. The summed E-state index contributed by atoms with van der Waals surface area (Å²) in [5.41, 5.74) is 8.56. The molecular weight excluding hydrogens is 604 g/mol. The number of aliphatic hydroxyl groups excluding tert-OH is 3. The quantitative estimate of drug-likeness (QED) is 0.168. The standard InChI is InChI=1S/C16H15F2N3O5.C9H11F2N3O4/c17-16(18)12(26-13(23)9-4-2-1-3-5-9)10(8-22)25-14(16)21-7-6-11(19)20-15(21)24;10-9(11)6(16)4(3-15)18-7(9)14-2-1-5(12)13-8(14)17/h1-7,10,12,14,22H,8H2,(H2,19,20,24);1-2,4,6-7,15-16H,3H2,(H2,12,13,17)/t10-,12-,14-;4-,6-,7-/m11/s1. The first-order valence-corrected chi connectivity index (χ1v) is 12.6. The number of alkyl halides is 4. The lowest BCUT2D eigenvalue weighted by Gasteiger charge is -2.24. The molecule has 2 fully saturated rings. The molecule has 2 aliphatic heterocycles. The van der Waals surface area contributed by atoms with Gasteiger partial charge in [0.05, 0.1) is 18.8 Å². The first-order chi connectivity index (χ1) is 20.7. The van der Waals surface area contributed by atoms with Crippen LogP contribution in [0.1, 0.15) is 22.8 Å². The Morgan fingerprint density at radius 1 is 0.841 bits per heavy atom. The summed E-state index contributed by atoms with van der Waals surface area (Å²) < 4.78 is 72.9. The van der Waals surface area contributed by atoms with Gasteiger partial charge in [0.15, 0.2) is 12.2 Å². The second-order valence-corrected chi connectivity index (χ2v) is 9.49. The summed E-state index contributed by atoms with van der Waals surface area (Å²) in [6, 6.07) is 9.85. The van der Waals surface area contributed by atoms with E-state index >= 15 is 0 Å². The van der Waals surface area contributed by atoms with E-state index in [1.807, 2.05) is 0 Å². The number of nitrogen functional groups attached to an aromatic ring is 2. The molecular formula is C25H26F4N6O9. The highest BCUT2D eigenvalue weighted by Crippen LogP contribution is 2.44. The summed E-state index contributed by atoms with van der Waals surface area (Å²) >= 11 is 0. The number of carbonyl (C=O) groups excluding carboxylic acids is 1. The van der Waals surface area contributed by atoms with Crippen molar-refractivity contribution in [3.63, 3.8) is 0 Å². The molecule has 0 aliphatic carbocycles. The van der Waals surface area contributed by atoms with Crippen molar-refractivity contribution in [1.29, 1.82) is 0 Å². The lowest BCUT2D eigenvalue weighted by molar-refractivity contribution is -0.142. The van der Waals surface area contributed by atoms with Gasteiger partial charge in [0.2, 0.25) is 12.5 Å². The minimum atomic E-state index is -3.79. The molecule has 2 saturated heterocycles. The number of carbonyl (C=O) groups is 1. The van der Waals surface area contributed by atoms with Gasteiger partial charge in [0.1, 0.15) is 23.8 Å². The van der Waals surface area contributed by atoms with Gasteiger partial charge in [-0.25, -0.2) is 14.4 Å². The molecule has 6 atom stereocenters. The third-order valence-electron chi connectivity index (χ3n) is 6.54. The summed E-state index contributed by atoms with van der Waals surface area (Å²) in [5.74, 6) is -8.76. The summed E-state index contributed by atoms with van der Waals surface area (Å²) in [6.07, 6.45) is -9.40. The molecule has 0 bridgehead atoms. The first kappa shape index (κ1) is 32.5. The molecule has 0 spiro atoms. The Morgan fingerprint density at radius 3 is 1.77 bits per heavy atom. The highest BCUT2D eigenvalue weighted by Gasteiger charge is 2.62. The fourth-order valence-corrected chi connectivity index (χ4v) is 4.35. The molecule has 2 aromatic heterocycles. The number of hydrogen-bond acceptors (Lipinski definition) is 13. The number of nitrogens with zero attached hydrogens (tertiary/aromatic N) is 4. The second kappa shape index (κ2) is 12.7. The Morgan fingerprint density at radius 2 is 1.32 bits per heavy atom. The zero-order valence-corrected chi connectivity index (χ0v) is 22.3. The Bertz CT molecular complexity index is 1590. The molecule has 0 unspecified atom stereocenters. The smallest absolute Gasteiger partial charge is 0.351 e. The van der Waals surface area contributed by atoms with Crippen molar-refractivity contribution in [2.75, 3.05) is 24.7 Å². The average Bonchev–Trinajstić information content (AvgIpc) is 3.36. The molecule has 0 radical (unpaired) electrons. The number of nitrogens with two attached hydrogens (primary N) is 2. The van der Waals surface area contributed by atoms with Crippen LogP contribution in [0.3, 0.4) is 0 Å². The zero-order valence-electron chi connectivity index (χ0n) is 22.3. The van der Waals surface area contributed by atoms with Gasteiger partial charge in [0, 0.05) is 12.4 Å². The van der Waals surface area contributed by atoms with E-state index in [-0.39, 0.29) is 17.2 Å². The monoisotopic (exact) mass is 630 g/mol. The number of aliphatic hydroxyl groups is 3. The molecule has 4 heterocycles. The van der Waals surface area contributed by atoms with Crippen LogP contribution in [-0.4, -0.2) is 89.9 Å². The Hall–Kier alpha value is -4.43. The number of ether oxygens (including phenoxy) is 3. The third-order valence-corrected chi connectivity index (χ3v) is 6.54. The van der Waals surface area contributed by atoms with E-state index in [4.69, 9.17) is 30.8 Å². The largest absolute Gasteiger partial charge is 0.449 e. The predicted molar refractivity (Wildman–Crippen MR) is 139 cm³/mol. The minimum Gasteiger partial charge on any atom is -0.449 e. The van der Waals surface area contributed by atoms with Crippen molar-refractivity contribution >= 4 is 17.6 Å². The van der Waals surface area contributed by atoms with Crippen LogP contribution in [0.15, 0.2) is 64.4 Å². The molecule has 5 rings (SSSR count). The molecule has 7 N–H and O–H groups in total. The van der Waals surface area contributed by atoms with Gasteiger partial charge in [-0.15, -0.1) is 0 Å². The first-order valence-electron chi connectivity index (χ1n) is 12.6.